The van der Waals surface area contributed by atoms with Gasteiger partial charge < -0.3 is 9.84 Å². The minimum atomic E-state index is -0.768. The molecule has 0 fully saturated rings. The van der Waals surface area contributed by atoms with Gasteiger partial charge in [-0.25, -0.2) is 0 Å². The van der Waals surface area contributed by atoms with E-state index in [4.69, 9.17) is 9.84 Å². The van der Waals surface area contributed by atoms with Crippen molar-refractivity contribution in [2.75, 3.05) is 0 Å². The summed E-state index contributed by atoms with van der Waals surface area (Å²) in [6.07, 6.45) is 1.56. The summed E-state index contributed by atoms with van der Waals surface area (Å²) < 4.78 is 6.66. The average molecular weight is 271 g/mol. The molecule has 0 bridgehead atoms. The Morgan fingerprint density at radius 2 is 2.40 bits per heavy atom. The summed E-state index contributed by atoms with van der Waals surface area (Å²) in [6.45, 7) is 0. The lowest BCUT2D eigenvalue weighted by molar-refractivity contribution is -0.137. The Morgan fingerprint density at radius 1 is 1.60 bits per heavy atom. The third kappa shape index (κ3) is 2.50. The van der Waals surface area contributed by atoms with E-state index in [-0.39, 0.29) is 12.5 Å². The number of carboxylic acid groups (broad SMARTS) is 1. The smallest absolute Gasteiger partial charge is 0.303 e. The lowest BCUT2D eigenvalue weighted by atomic mass is 10.1. The summed E-state index contributed by atoms with van der Waals surface area (Å²) >= 11 is 3.40. The molecule has 0 aliphatic carbocycles. The second-order valence-corrected chi connectivity index (χ2v) is 4.54. The lowest BCUT2D eigenvalue weighted by Gasteiger charge is -2.07. The highest BCUT2D eigenvalue weighted by Gasteiger charge is 2.23. The van der Waals surface area contributed by atoms with Crippen molar-refractivity contribution < 1.29 is 14.6 Å². The van der Waals surface area contributed by atoms with Crippen molar-refractivity contribution in [1.82, 2.24) is 0 Å². The van der Waals surface area contributed by atoms with Crippen LogP contribution in [-0.2, 0) is 11.2 Å². The second-order valence-electron chi connectivity index (χ2n) is 3.63. The van der Waals surface area contributed by atoms with E-state index < -0.39 is 5.97 Å². The molecule has 0 aromatic heterocycles. The first-order valence-corrected chi connectivity index (χ1v) is 5.61. The maximum absolute atomic E-state index is 10.4. The molecule has 0 spiro atoms. The van der Waals surface area contributed by atoms with Gasteiger partial charge in [0, 0.05) is 17.3 Å². The Hall–Kier alpha value is -1.03. The fourth-order valence-electron chi connectivity index (χ4n) is 1.73. The molecule has 15 heavy (non-hydrogen) atoms. The Morgan fingerprint density at radius 3 is 3.13 bits per heavy atom. The molecule has 80 valence electrons. The summed E-state index contributed by atoms with van der Waals surface area (Å²) in [7, 11) is 0. The summed E-state index contributed by atoms with van der Waals surface area (Å²) in [6, 6.07) is 5.87. The molecule has 3 nitrogen and oxygen atoms in total. The van der Waals surface area contributed by atoms with Crippen LogP contribution >= 0.6 is 15.9 Å². The first-order chi connectivity index (χ1) is 7.15. The van der Waals surface area contributed by atoms with Crippen molar-refractivity contribution in [3.8, 4) is 5.75 Å². The quantitative estimate of drug-likeness (QED) is 0.919. The fourth-order valence-corrected chi connectivity index (χ4v) is 2.14. The minimum absolute atomic E-state index is 0.0189. The molecule has 0 saturated heterocycles. The van der Waals surface area contributed by atoms with E-state index >= 15 is 0 Å². The number of benzene rings is 1. The fraction of sp³-hybridized carbons (Fsp3) is 0.364. The molecule has 2 rings (SSSR count). The van der Waals surface area contributed by atoms with Gasteiger partial charge in [0.2, 0.25) is 0 Å². The van der Waals surface area contributed by atoms with Crippen LogP contribution < -0.4 is 4.74 Å². The van der Waals surface area contributed by atoms with Crippen LogP contribution in [0.15, 0.2) is 22.7 Å². The number of aliphatic carboxylic acids is 1. The molecule has 1 atom stereocenters. The van der Waals surface area contributed by atoms with Crippen molar-refractivity contribution in [1.29, 1.82) is 0 Å². The maximum atomic E-state index is 10.4. The van der Waals surface area contributed by atoms with Crippen LogP contribution in [0, 0.1) is 0 Å². The number of carbonyl (C=O) groups is 1. The van der Waals surface area contributed by atoms with Gasteiger partial charge in [0.15, 0.2) is 0 Å². The van der Waals surface area contributed by atoms with Gasteiger partial charge in [0.25, 0.3) is 0 Å². The molecular formula is C11H11BrO3. The predicted octanol–water partition coefficient (Wildman–Crippen LogP) is 2.62. The summed E-state index contributed by atoms with van der Waals surface area (Å²) in [4.78, 5) is 10.4. The van der Waals surface area contributed by atoms with Crippen LogP contribution in [-0.4, -0.2) is 17.2 Å². The summed E-state index contributed by atoms with van der Waals surface area (Å²) in [5, 5.41) is 8.57. The number of carboxylic acids is 1. The number of fused-ring (bicyclic) bond motifs is 1. The number of hydrogen-bond acceptors (Lipinski definition) is 2. The van der Waals surface area contributed by atoms with Gasteiger partial charge in [0.05, 0.1) is 0 Å². The first-order valence-electron chi connectivity index (χ1n) is 4.82. The van der Waals surface area contributed by atoms with E-state index in [0.717, 1.165) is 22.2 Å². The molecule has 1 aromatic carbocycles. The molecule has 4 heteroatoms. The molecule has 1 heterocycles. The third-order valence-corrected chi connectivity index (χ3v) is 2.94. The van der Waals surface area contributed by atoms with Gasteiger partial charge in [-0.1, -0.05) is 15.9 Å². The van der Waals surface area contributed by atoms with E-state index in [1.54, 1.807) is 0 Å². The molecule has 0 amide bonds. The molecule has 1 aliphatic rings. The Bertz CT molecular complexity index is 389. The van der Waals surface area contributed by atoms with Crippen LogP contribution in [0.5, 0.6) is 5.75 Å². The van der Waals surface area contributed by atoms with Crippen molar-refractivity contribution in [3.63, 3.8) is 0 Å². The van der Waals surface area contributed by atoms with Crippen LogP contribution in [0.2, 0.25) is 0 Å². The molecule has 1 N–H and O–H groups in total. The average Bonchev–Trinajstić information content (AvgIpc) is 2.56. The van der Waals surface area contributed by atoms with Gasteiger partial charge in [-0.2, -0.15) is 0 Å². The van der Waals surface area contributed by atoms with Crippen molar-refractivity contribution in [2.24, 2.45) is 0 Å². The minimum Gasteiger partial charge on any atom is -0.490 e. The number of rotatable bonds is 3. The predicted molar refractivity (Wildman–Crippen MR) is 59.1 cm³/mol. The topological polar surface area (TPSA) is 46.5 Å². The number of hydrogen-bond donors (Lipinski definition) is 1. The molecule has 0 saturated carbocycles. The zero-order valence-electron chi connectivity index (χ0n) is 8.07. The second kappa shape index (κ2) is 4.23. The van der Waals surface area contributed by atoms with Crippen molar-refractivity contribution >= 4 is 21.9 Å². The molecule has 0 radical (unpaired) electrons. The zero-order valence-corrected chi connectivity index (χ0v) is 9.66. The van der Waals surface area contributed by atoms with Crippen molar-refractivity contribution in [3.05, 3.63) is 28.2 Å². The molecule has 1 aliphatic heterocycles. The van der Waals surface area contributed by atoms with E-state index in [0.29, 0.717) is 6.42 Å². The largest absolute Gasteiger partial charge is 0.490 e. The zero-order chi connectivity index (χ0) is 10.8. The van der Waals surface area contributed by atoms with E-state index in [1.165, 1.54) is 0 Å². The highest BCUT2D eigenvalue weighted by atomic mass is 79.9. The lowest BCUT2D eigenvalue weighted by Crippen LogP contribution is -2.14. The van der Waals surface area contributed by atoms with Gasteiger partial charge in [0.1, 0.15) is 11.9 Å². The van der Waals surface area contributed by atoms with E-state index in [2.05, 4.69) is 15.9 Å². The molecule has 1 aromatic rings. The third-order valence-electron chi connectivity index (χ3n) is 2.44. The van der Waals surface area contributed by atoms with Gasteiger partial charge in [-0.05, 0) is 30.2 Å². The van der Waals surface area contributed by atoms with Crippen LogP contribution in [0.4, 0.5) is 0 Å². The van der Waals surface area contributed by atoms with E-state index in [1.807, 2.05) is 18.2 Å². The van der Waals surface area contributed by atoms with Gasteiger partial charge in [-0.3, -0.25) is 4.79 Å². The van der Waals surface area contributed by atoms with Gasteiger partial charge in [-0.15, -0.1) is 0 Å². The maximum Gasteiger partial charge on any atom is 0.303 e. The van der Waals surface area contributed by atoms with Crippen molar-refractivity contribution in [2.45, 2.75) is 25.4 Å². The van der Waals surface area contributed by atoms with Crippen LogP contribution in [0.1, 0.15) is 18.4 Å². The molecule has 1 unspecified atom stereocenters. The summed E-state index contributed by atoms with van der Waals surface area (Å²) in [5.41, 5.74) is 1.15. The Kier molecular flexibility index (Phi) is 2.95. The van der Waals surface area contributed by atoms with E-state index in [9.17, 15) is 4.79 Å². The number of ether oxygens (including phenoxy) is 1. The van der Waals surface area contributed by atoms with Crippen LogP contribution in [0.3, 0.4) is 0 Å². The first kappa shape index (κ1) is 10.5. The summed E-state index contributed by atoms with van der Waals surface area (Å²) in [5.74, 6) is 0.115. The van der Waals surface area contributed by atoms with Gasteiger partial charge >= 0.3 is 5.97 Å². The monoisotopic (exact) mass is 270 g/mol. The standard InChI is InChI=1S/C11H11BrO3/c12-8-1-3-10-7(5-8)6-9(15-10)2-4-11(13)14/h1,3,5,9H,2,4,6H2,(H,13,14). The normalized spacial score (nSPS) is 18.3. The highest BCUT2D eigenvalue weighted by Crippen LogP contribution is 2.32. The Balaban J connectivity index is 2.00. The highest BCUT2D eigenvalue weighted by molar-refractivity contribution is 9.10. The van der Waals surface area contributed by atoms with Crippen LogP contribution in [0.25, 0.3) is 0 Å². The SMILES string of the molecule is O=C(O)CCC1Cc2cc(Br)ccc2O1. The number of halogens is 1. The Labute approximate surface area is 96.2 Å². The molecular weight excluding hydrogens is 260 g/mol.